The van der Waals surface area contributed by atoms with E-state index in [1.807, 2.05) is 6.07 Å². The number of halogens is 1. The Bertz CT molecular complexity index is 353. The molecule has 2 aliphatic rings. The van der Waals surface area contributed by atoms with Crippen LogP contribution in [0, 0.1) is 11.8 Å². The maximum Gasteiger partial charge on any atom is 0.132 e. The molecule has 0 aliphatic heterocycles. The van der Waals surface area contributed by atoms with Gasteiger partial charge in [0, 0.05) is 11.6 Å². The van der Waals surface area contributed by atoms with Gasteiger partial charge >= 0.3 is 0 Å². The summed E-state index contributed by atoms with van der Waals surface area (Å²) in [6.45, 7) is 0. The summed E-state index contributed by atoms with van der Waals surface area (Å²) in [7, 11) is 0. The molecule has 2 fully saturated rings. The van der Waals surface area contributed by atoms with Gasteiger partial charge in [0.2, 0.25) is 0 Å². The van der Waals surface area contributed by atoms with Crippen LogP contribution < -0.4 is 0 Å². The zero-order chi connectivity index (χ0) is 9.54. The Morgan fingerprint density at radius 2 is 2.14 bits per heavy atom. The predicted octanol–water partition coefficient (Wildman–Crippen LogP) is 3.03. The summed E-state index contributed by atoms with van der Waals surface area (Å²) in [6, 6.07) is 1.94. The molecule has 3 atom stereocenters. The lowest BCUT2D eigenvalue weighted by atomic mass is 9.86. The van der Waals surface area contributed by atoms with E-state index in [1.54, 1.807) is 6.33 Å². The van der Waals surface area contributed by atoms with Crippen molar-refractivity contribution < 1.29 is 0 Å². The van der Waals surface area contributed by atoms with Gasteiger partial charge in [-0.15, -0.1) is 0 Å². The molecule has 0 aromatic carbocycles. The molecule has 1 aromatic heterocycles. The van der Waals surface area contributed by atoms with Crippen molar-refractivity contribution in [3.63, 3.8) is 0 Å². The first-order chi connectivity index (χ1) is 6.83. The van der Waals surface area contributed by atoms with E-state index in [0.717, 1.165) is 17.5 Å². The maximum absolute atomic E-state index is 5.87. The summed E-state index contributed by atoms with van der Waals surface area (Å²) in [5.74, 6) is 2.49. The zero-order valence-electron chi connectivity index (χ0n) is 7.99. The summed E-state index contributed by atoms with van der Waals surface area (Å²) in [5, 5.41) is 0.581. The van der Waals surface area contributed by atoms with E-state index in [4.69, 9.17) is 11.6 Å². The van der Waals surface area contributed by atoms with Gasteiger partial charge in [-0.2, -0.15) is 0 Å². The van der Waals surface area contributed by atoms with Gasteiger partial charge in [0.15, 0.2) is 0 Å². The second kappa shape index (κ2) is 3.20. The van der Waals surface area contributed by atoms with Crippen molar-refractivity contribution >= 4 is 11.6 Å². The molecule has 74 valence electrons. The molecule has 1 aromatic rings. The Hall–Kier alpha value is -0.630. The van der Waals surface area contributed by atoms with Gasteiger partial charge in [-0.3, -0.25) is 0 Å². The minimum Gasteiger partial charge on any atom is -0.241 e. The molecule has 0 amide bonds. The van der Waals surface area contributed by atoms with Crippen molar-refractivity contribution in [2.24, 2.45) is 11.8 Å². The molecule has 3 rings (SSSR count). The molecular weight excluding hydrogens is 196 g/mol. The van der Waals surface area contributed by atoms with Crippen molar-refractivity contribution in [2.75, 3.05) is 0 Å². The van der Waals surface area contributed by atoms with Gasteiger partial charge in [0.1, 0.15) is 11.5 Å². The highest BCUT2D eigenvalue weighted by atomic mass is 35.5. The van der Waals surface area contributed by atoms with E-state index >= 15 is 0 Å². The lowest BCUT2D eigenvalue weighted by molar-refractivity contribution is 0.413. The third-order valence-electron chi connectivity index (χ3n) is 3.77. The highest BCUT2D eigenvalue weighted by Gasteiger charge is 2.40. The van der Waals surface area contributed by atoms with Crippen LogP contribution in [0.25, 0.3) is 0 Å². The van der Waals surface area contributed by atoms with Gasteiger partial charge < -0.3 is 0 Å². The summed E-state index contributed by atoms with van der Waals surface area (Å²) >= 11 is 5.87. The Kier molecular flexibility index (Phi) is 1.98. The van der Waals surface area contributed by atoms with E-state index in [1.165, 1.54) is 25.7 Å². The monoisotopic (exact) mass is 208 g/mol. The number of nitrogens with zero attached hydrogens (tertiary/aromatic N) is 2. The summed E-state index contributed by atoms with van der Waals surface area (Å²) < 4.78 is 0. The van der Waals surface area contributed by atoms with E-state index in [0.29, 0.717) is 11.1 Å². The Morgan fingerprint density at radius 1 is 1.21 bits per heavy atom. The molecular formula is C11H13ClN2. The smallest absolute Gasteiger partial charge is 0.132 e. The quantitative estimate of drug-likeness (QED) is 0.663. The molecule has 3 heteroatoms. The molecule has 2 saturated carbocycles. The molecule has 2 nitrogen and oxygen atoms in total. The normalized spacial score (nSPS) is 35.1. The SMILES string of the molecule is Clc1cc(C2CC3CCC2C3)ncn1. The molecule has 2 aliphatic carbocycles. The fourth-order valence-electron chi connectivity index (χ4n) is 3.16. The first-order valence-electron chi connectivity index (χ1n) is 5.30. The molecule has 3 unspecified atom stereocenters. The number of rotatable bonds is 1. The van der Waals surface area contributed by atoms with Crippen molar-refractivity contribution in [3.8, 4) is 0 Å². The van der Waals surface area contributed by atoms with Crippen LogP contribution >= 0.6 is 11.6 Å². The van der Waals surface area contributed by atoms with E-state index in [2.05, 4.69) is 9.97 Å². The average Bonchev–Trinajstić information content (AvgIpc) is 2.78. The first-order valence-corrected chi connectivity index (χ1v) is 5.68. The summed E-state index contributed by atoms with van der Waals surface area (Å²) in [4.78, 5) is 8.27. The number of aromatic nitrogens is 2. The van der Waals surface area contributed by atoms with Crippen molar-refractivity contribution in [3.05, 3.63) is 23.2 Å². The van der Waals surface area contributed by atoms with E-state index in [9.17, 15) is 0 Å². The predicted molar refractivity (Wildman–Crippen MR) is 55.2 cm³/mol. The Morgan fingerprint density at radius 3 is 2.79 bits per heavy atom. The van der Waals surface area contributed by atoms with Crippen LogP contribution in [-0.2, 0) is 0 Å². The Labute approximate surface area is 88.7 Å². The van der Waals surface area contributed by atoms with Gasteiger partial charge in [-0.25, -0.2) is 9.97 Å². The third kappa shape index (κ3) is 1.33. The lowest BCUT2D eigenvalue weighted by Gasteiger charge is -2.20. The standard InChI is InChI=1S/C11H13ClN2/c12-11-5-10(13-6-14-11)9-4-7-1-2-8(9)3-7/h5-9H,1-4H2. The van der Waals surface area contributed by atoms with Gasteiger partial charge in [-0.05, 0) is 37.2 Å². The summed E-state index contributed by atoms with van der Waals surface area (Å²) in [5.41, 5.74) is 1.16. The van der Waals surface area contributed by atoms with Crippen LogP contribution in [0.5, 0.6) is 0 Å². The zero-order valence-corrected chi connectivity index (χ0v) is 8.74. The molecule has 14 heavy (non-hydrogen) atoms. The van der Waals surface area contributed by atoms with Crippen LogP contribution in [-0.4, -0.2) is 9.97 Å². The molecule has 2 bridgehead atoms. The average molecular weight is 209 g/mol. The van der Waals surface area contributed by atoms with Gasteiger partial charge in [0.05, 0.1) is 0 Å². The van der Waals surface area contributed by atoms with Crippen molar-refractivity contribution in [1.29, 1.82) is 0 Å². The van der Waals surface area contributed by atoms with Crippen molar-refractivity contribution in [2.45, 2.75) is 31.6 Å². The van der Waals surface area contributed by atoms with E-state index in [-0.39, 0.29) is 0 Å². The van der Waals surface area contributed by atoms with Crippen LogP contribution in [0.3, 0.4) is 0 Å². The second-order valence-corrected chi connectivity index (χ2v) is 4.93. The largest absolute Gasteiger partial charge is 0.241 e. The van der Waals surface area contributed by atoms with Crippen LogP contribution in [0.2, 0.25) is 5.15 Å². The van der Waals surface area contributed by atoms with Gasteiger partial charge in [0.25, 0.3) is 0 Å². The number of hydrogen-bond acceptors (Lipinski definition) is 2. The lowest BCUT2D eigenvalue weighted by Crippen LogP contribution is -2.10. The highest BCUT2D eigenvalue weighted by Crippen LogP contribution is 2.52. The van der Waals surface area contributed by atoms with Crippen LogP contribution in [0.4, 0.5) is 0 Å². The fourth-order valence-corrected chi connectivity index (χ4v) is 3.31. The second-order valence-electron chi connectivity index (χ2n) is 4.55. The minimum atomic E-state index is 0.581. The number of hydrogen-bond donors (Lipinski definition) is 0. The minimum absolute atomic E-state index is 0.581. The molecule has 0 radical (unpaired) electrons. The summed E-state index contributed by atoms with van der Waals surface area (Å²) in [6.07, 6.45) is 7.13. The maximum atomic E-state index is 5.87. The molecule has 0 saturated heterocycles. The van der Waals surface area contributed by atoms with Crippen LogP contribution in [0.15, 0.2) is 12.4 Å². The first kappa shape index (κ1) is 8.66. The highest BCUT2D eigenvalue weighted by molar-refractivity contribution is 6.29. The topological polar surface area (TPSA) is 25.8 Å². The molecule has 1 heterocycles. The number of fused-ring (bicyclic) bond motifs is 2. The van der Waals surface area contributed by atoms with Crippen LogP contribution in [0.1, 0.15) is 37.3 Å². The van der Waals surface area contributed by atoms with Crippen molar-refractivity contribution in [1.82, 2.24) is 9.97 Å². The molecule has 0 spiro atoms. The molecule has 0 N–H and O–H groups in total. The Balaban J connectivity index is 1.89. The fraction of sp³-hybridized carbons (Fsp3) is 0.636. The third-order valence-corrected chi connectivity index (χ3v) is 3.98. The van der Waals surface area contributed by atoms with E-state index < -0.39 is 0 Å². The van der Waals surface area contributed by atoms with Gasteiger partial charge in [-0.1, -0.05) is 18.0 Å².